The molecule has 0 aliphatic carbocycles. The Hall–Kier alpha value is -3.76. The molecule has 0 unspecified atom stereocenters. The van der Waals surface area contributed by atoms with Crippen molar-refractivity contribution in [3.63, 3.8) is 0 Å². The molecule has 0 atom stereocenters. The van der Waals surface area contributed by atoms with Crippen molar-refractivity contribution < 1.29 is 47.6 Å². The molecule has 1 saturated heterocycles. The number of rotatable bonds is 9. The van der Waals surface area contributed by atoms with Crippen molar-refractivity contribution in [3.8, 4) is 11.1 Å². The summed E-state index contributed by atoms with van der Waals surface area (Å²) in [6.07, 6.45) is 3.74. The van der Waals surface area contributed by atoms with E-state index < -0.39 is 6.09 Å². The largest absolute Gasteiger partial charge is 1.00 e. The monoisotopic (exact) mass is 691 g/mol. The van der Waals surface area contributed by atoms with Crippen molar-refractivity contribution in [3.05, 3.63) is 96.1 Å². The molecule has 4 aromatic carbocycles. The number of likely N-dealkylation sites (tertiary alicyclic amines) is 1. The summed E-state index contributed by atoms with van der Waals surface area (Å²) < 4.78 is 6.75. The highest BCUT2D eigenvalue weighted by Gasteiger charge is 2.28. The highest BCUT2D eigenvalue weighted by molar-refractivity contribution is 5.96. The number of amides is 2. The number of carbonyl (C=O) groups excluding carboxylic acids is 3. The summed E-state index contributed by atoms with van der Waals surface area (Å²) in [5, 5.41) is 7.89. The van der Waals surface area contributed by atoms with E-state index in [1.54, 1.807) is 6.07 Å². The minimum absolute atomic E-state index is 0. The van der Waals surface area contributed by atoms with Gasteiger partial charge in [-0.1, -0.05) is 60.7 Å². The van der Waals surface area contributed by atoms with Crippen LogP contribution in [-0.2, 0) is 16.0 Å². The minimum Gasteiger partial charge on any atom is -1.00 e. The molecule has 0 spiro atoms. The highest BCUT2D eigenvalue weighted by Crippen LogP contribution is 2.30. The molecule has 2 amide bonds. The third kappa shape index (κ3) is 8.87. The van der Waals surface area contributed by atoms with E-state index in [4.69, 9.17) is 4.74 Å². The SMILES string of the molecule is C[N+]1(C)CCC(OC(=O)Nc2cc(CCCC(=O)Nc3ccc4cc(C=O)ccc4c3)ccc2-c2ccccc2)CC1.[I-]. The number of fused-ring (bicyclic) bond motifs is 1. The molecule has 224 valence electrons. The van der Waals surface area contributed by atoms with Gasteiger partial charge in [-0.15, -0.1) is 0 Å². The lowest BCUT2D eigenvalue weighted by molar-refractivity contribution is -0.896. The van der Waals surface area contributed by atoms with Gasteiger partial charge in [-0.2, -0.15) is 0 Å². The lowest BCUT2D eigenvalue weighted by atomic mass is 9.99. The zero-order chi connectivity index (χ0) is 29.5. The van der Waals surface area contributed by atoms with Crippen molar-refractivity contribution >= 4 is 40.4 Å². The van der Waals surface area contributed by atoms with Crippen molar-refractivity contribution in [2.75, 3.05) is 37.8 Å². The standard InChI is InChI=1S/C35H37N3O4.HI/c1-38(2)19-17-31(18-20-38)42-35(41)37-33-22-25(12-16-32(33)27-8-4-3-5-9-27)7-6-10-34(40)36-30-15-14-28-21-26(24-39)11-13-29(28)23-30;/h3-5,8-9,11-16,21-24,31H,6-7,10,17-20H2,1-2H3,(H-,36,37,39,40,41);1H. The number of carbonyl (C=O) groups is 3. The Bertz CT molecular complexity index is 1580. The third-order valence-electron chi connectivity index (χ3n) is 7.95. The van der Waals surface area contributed by atoms with Crippen LogP contribution in [0.3, 0.4) is 0 Å². The summed E-state index contributed by atoms with van der Waals surface area (Å²) in [5.74, 6) is -0.0593. The molecule has 0 aromatic heterocycles. The first-order valence-electron chi connectivity index (χ1n) is 14.5. The maximum atomic E-state index is 12.9. The van der Waals surface area contributed by atoms with Crippen molar-refractivity contribution in [2.45, 2.75) is 38.2 Å². The molecule has 1 fully saturated rings. The molecule has 7 nitrogen and oxygen atoms in total. The van der Waals surface area contributed by atoms with E-state index in [-0.39, 0.29) is 36.0 Å². The normalized spacial score (nSPS) is 14.4. The highest BCUT2D eigenvalue weighted by atomic mass is 127. The van der Waals surface area contributed by atoms with E-state index in [9.17, 15) is 14.4 Å². The van der Waals surface area contributed by atoms with E-state index in [0.29, 0.717) is 30.5 Å². The summed E-state index contributed by atoms with van der Waals surface area (Å²) >= 11 is 0. The fourth-order valence-corrected chi connectivity index (χ4v) is 5.46. The van der Waals surface area contributed by atoms with Crippen molar-refractivity contribution in [2.24, 2.45) is 0 Å². The zero-order valence-electron chi connectivity index (χ0n) is 24.6. The first kappa shape index (κ1) is 32.2. The number of hydrogen-bond acceptors (Lipinski definition) is 4. The molecule has 1 aliphatic rings. The quantitative estimate of drug-likeness (QED) is 0.158. The second-order valence-corrected chi connectivity index (χ2v) is 11.7. The Balaban J connectivity index is 0.00000423. The number of halogens is 1. The van der Waals surface area contributed by atoms with Gasteiger partial charge in [0.15, 0.2) is 0 Å². The van der Waals surface area contributed by atoms with Crippen LogP contribution in [0.15, 0.2) is 84.9 Å². The molecule has 43 heavy (non-hydrogen) atoms. The molecule has 0 saturated carbocycles. The Morgan fingerprint density at radius 1 is 0.884 bits per heavy atom. The Morgan fingerprint density at radius 2 is 1.60 bits per heavy atom. The number of aldehydes is 1. The molecular formula is C35H38IN3O4. The van der Waals surface area contributed by atoms with Gasteiger partial charge in [-0.25, -0.2) is 4.79 Å². The molecule has 2 N–H and O–H groups in total. The second-order valence-electron chi connectivity index (χ2n) is 11.7. The van der Waals surface area contributed by atoms with Gasteiger partial charge in [0.1, 0.15) is 12.4 Å². The number of nitrogens with one attached hydrogen (secondary N) is 2. The molecule has 5 rings (SSSR count). The van der Waals surface area contributed by atoms with Crippen LogP contribution in [-0.4, -0.2) is 56.1 Å². The van der Waals surface area contributed by atoms with Gasteiger partial charge in [0, 0.05) is 36.1 Å². The fraction of sp³-hybridized carbons (Fsp3) is 0.286. The Morgan fingerprint density at radius 3 is 2.35 bits per heavy atom. The second kappa shape index (κ2) is 14.6. The molecule has 1 aliphatic heterocycles. The maximum absolute atomic E-state index is 12.9. The summed E-state index contributed by atoms with van der Waals surface area (Å²) in [6.45, 7) is 1.97. The minimum atomic E-state index is -0.432. The van der Waals surface area contributed by atoms with Gasteiger partial charge >= 0.3 is 6.09 Å². The van der Waals surface area contributed by atoms with Crippen LogP contribution in [0.4, 0.5) is 16.2 Å². The average Bonchev–Trinajstić information content (AvgIpc) is 2.98. The summed E-state index contributed by atoms with van der Waals surface area (Å²) in [5.41, 5.74) is 5.02. The number of aryl methyl sites for hydroxylation is 1. The Labute approximate surface area is 270 Å². The van der Waals surface area contributed by atoms with Crippen LogP contribution in [0.2, 0.25) is 0 Å². The first-order chi connectivity index (χ1) is 20.3. The molecule has 0 bridgehead atoms. The maximum Gasteiger partial charge on any atom is 0.411 e. The van der Waals surface area contributed by atoms with E-state index in [1.807, 2.05) is 72.8 Å². The van der Waals surface area contributed by atoms with Gasteiger partial charge in [-0.3, -0.25) is 14.9 Å². The Kier molecular flexibility index (Phi) is 10.9. The number of piperidine rings is 1. The summed E-state index contributed by atoms with van der Waals surface area (Å²) in [4.78, 5) is 36.6. The van der Waals surface area contributed by atoms with Gasteiger partial charge in [0.05, 0.1) is 32.9 Å². The van der Waals surface area contributed by atoms with E-state index in [0.717, 1.165) is 69.9 Å². The lowest BCUT2D eigenvalue weighted by Gasteiger charge is -2.36. The molecule has 0 radical (unpaired) electrons. The molecule has 8 heteroatoms. The van der Waals surface area contributed by atoms with Crippen LogP contribution < -0.4 is 34.6 Å². The topological polar surface area (TPSA) is 84.5 Å². The smallest absolute Gasteiger partial charge is 0.411 e. The van der Waals surface area contributed by atoms with Crippen LogP contribution in [0.25, 0.3) is 21.9 Å². The van der Waals surface area contributed by atoms with Crippen LogP contribution in [0.5, 0.6) is 0 Å². The number of ether oxygens (including phenoxy) is 1. The van der Waals surface area contributed by atoms with Crippen LogP contribution in [0, 0.1) is 0 Å². The van der Waals surface area contributed by atoms with Gasteiger partial charge in [0.2, 0.25) is 5.91 Å². The number of nitrogens with zero attached hydrogens (tertiary/aromatic N) is 1. The number of hydrogen-bond donors (Lipinski definition) is 2. The van der Waals surface area contributed by atoms with E-state index in [1.165, 1.54) is 0 Å². The lowest BCUT2D eigenvalue weighted by Crippen LogP contribution is -3.00. The van der Waals surface area contributed by atoms with Gasteiger partial charge in [-0.05, 0) is 59.0 Å². The summed E-state index contributed by atoms with van der Waals surface area (Å²) in [6, 6.07) is 27.2. The number of quaternary nitrogens is 1. The van der Waals surface area contributed by atoms with Crippen molar-refractivity contribution in [1.29, 1.82) is 0 Å². The molecule has 4 aromatic rings. The average molecular weight is 692 g/mol. The van der Waals surface area contributed by atoms with Crippen LogP contribution >= 0.6 is 0 Å². The fourth-order valence-electron chi connectivity index (χ4n) is 5.46. The van der Waals surface area contributed by atoms with Gasteiger partial charge < -0.3 is 38.5 Å². The molecule has 1 heterocycles. The van der Waals surface area contributed by atoms with E-state index >= 15 is 0 Å². The van der Waals surface area contributed by atoms with E-state index in [2.05, 4.69) is 30.8 Å². The first-order valence-corrected chi connectivity index (χ1v) is 14.5. The zero-order valence-corrected chi connectivity index (χ0v) is 26.8. The summed E-state index contributed by atoms with van der Waals surface area (Å²) in [7, 11) is 4.40. The predicted octanol–water partition coefficient (Wildman–Crippen LogP) is 4.07. The molecular weight excluding hydrogens is 653 g/mol. The third-order valence-corrected chi connectivity index (χ3v) is 7.95. The predicted molar refractivity (Wildman–Crippen MR) is 168 cm³/mol. The number of anilines is 2. The van der Waals surface area contributed by atoms with Crippen LogP contribution in [0.1, 0.15) is 41.6 Å². The van der Waals surface area contributed by atoms with Crippen molar-refractivity contribution in [1.82, 2.24) is 0 Å². The van der Waals surface area contributed by atoms with Gasteiger partial charge in [0.25, 0.3) is 0 Å². The number of benzene rings is 4.